The van der Waals surface area contributed by atoms with Crippen LogP contribution in [0, 0.1) is 0 Å². The number of aromatic nitrogens is 2. The molecule has 0 spiro atoms. The molecule has 24 heavy (non-hydrogen) atoms. The number of hydrogen-bond donors (Lipinski definition) is 2. The van der Waals surface area contributed by atoms with Crippen LogP contribution in [0.3, 0.4) is 0 Å². The standard InChI is InChI=1S/C18H25N5O/c1-22(2)11-12-23-10-9-17(21-23)20-18(24)19-16-8-7-14-5-3-4-6-15(14)13-16/h3-6,9-10,16H,7-8,11-13H2,1-2H3,(H2,19,20,21,24). The van der Waals surface area contributed by atoms with Gasteiger partial charge in [-0.2, -0.15) is 5.10 Å². The van der Waals surface area contributed by atoms with Gasteiger partial charge in [-0.3, -0.25) is 10.00 Å². The fourth-order valence-electron chi connectivity index (χ4n) is 3.01. The number of carbonyl (C=O) groups excluding carboxylic acids is 1. The van der Waals surface area contributed by atoms with Crippen molar-refractivity contribution >= 4 is 11.8 Å². The normalized spacial score (nSPS) is 16.7. The van der Waals surface area contributed by atoms with Crippen molar-refractivity contribution in [1.82, 2.24) is 20.0 Å². The smallest absolute Gasteiger partial charge is 0.320 e. The molecule has 0 saturated heterocycles. The first-order valence-electron chi connectivity index (χ1n) is 8.42. The van der Waals surface area contributed by atoms with E-state index in [0.29, 0.717) is 5.82 Å². The number of urea groups is 1. The highest BCUT2D eigenvalue weighted by molar-refractivity contribution is 5.88. The van der Waals surface area contributed by atoms with Gasteiger partial charge in [-0.15, -0.1) is 0 Å². The average molecular weight is 327 g/mol. The number of anilines is 1. The van der Waals surface area contributed by atoms with E-state index >= 15 is 0 Å². The lowest BCUT2D eigenvalue weighted by atomic mass is 9.88. The topological polar surface area (TPSA) is 62.2 Å². The number of fused-ring (bicyclic) bond motifs is 1. The predicted octanol–water partition coefficient (Wildman–Crippen LogP) is 2.12. The van der Waals surface area contributed by atoms with Gasteiger partial charge in [0.15, 0.2) is 5.82 Å². The minimum atomic E-state index is -0.183. The maximum Gasteiger partial charge on any atom is 0.320 e. The summed E-state index contributed by atoms with van der Waals surface area (Å²) < 4.78 is 1.84. The molecule has 1 aromatic carbocycles. The number of amides is 2. The van der Waals surface area contributed by atoms with E-state index in [9.17, 15) is 4.79 Å². The number of aryl methyl sites for hydroxylation is 1. The molecule has 1 atom stereocenters. The van der Waals surface area contributed by atoms with E-state index in [1.54, 1.807) is 0 Å². The highest BCUT2D eigenvalue weighted by Gasteiger charge is 2.20. The van der Waals surface area contributed by atoms with Crippen molar-refractivity contribution in [2.24, 2.45) is 0 Å². The second-order valence-electron chi connectivity index (χ2n) is 6.57. The Balaban J connectivity index is 1.49. The Hall–Kier alpha value is -2.34. The molecule has 6 heteroatoms. The summed E-state index contributed by atoms with van der Waals surface area (Å²) in [6, 6.07) is 10.3. The Morgan fingerprint density at radius 2 is 2.08 bits per heavy atom. The Bertz CT molecular complexity index is 694. The van der Waals surface area contributed by atoms with Crippen molar-refractivity contribution in [3.05, 3.63) is 47.7 Å². The largest absolute Gasteiger partial charge is 0.335 e. The van der Waals surface area contributed by atoms with Gasteiger partial charge < -0.3 is 10.2 Å². The van der Waals surface area contributed by atoms with Gasteiger partial charge in [0.2, 0.25) is 0 Å². The fraction of sp³-hybridized carbons (Fsp3) is 0.444. The summed E-state index contributed by atoms with van der Waals surface area (Å²) in [5, 5.41) is 10.3. The first-order valence-corrected chi connectivity index (χ1v) is 8.42. The Morgan fingerprint density at radius 3 is 2.88 bits per heavy atom. The van der Waals surface area contributed by atoms with Gasteiger partial charge in [0.25, 0.3) is 0 Å². The van der Waals surface area contributed by atoms with Gasteiger partial charge in [0, 0.05) is 24.8 Å². The maximum absolute atomic E-state index is 12.2. The third-order valence-corrected chi connectivity index (χ3v) is 4.34. The second-order valence-corrected chi connectivity index (χ2v) is 6.57. The molecule has 0 fully saturated rings. The van der Waals surface area contributed by atoms with E-state index < -0.39 is 0 Å². The number of nitrogens with one attached hydrogen (secondary N) is 2. The van der Waals surface area contributed by atoms with Crippen LogP contribution in [-0.2, 0) is 19.4 Å². The third kappa shape index (κ3) is 4.35. The summed E-state index contributed by atoms with van der Waals surface area (Å²) in [5.41, 5.74) is 2.73. The molecular formula is C18H25N5O. The van der Waals surface area contributed by atoms with E-state index in [2.05, 4.69) is 44.9 Å². The van der Waals surface area contributed by atoms with Crippen LogP contribution in [0.2, 0.25) is 0 Å². The molecule has 3 rings (SSSR count). The van der Waals surface area contributed by atoms with E-state index in [4.69, 9.17) is 0 Å². The zero-order valence-corrected chi connectivity index (χ0v) is 14.3. The van der Waals surface area contributed by atoms with Crippen LogP contribution in [0.1, 0.15) is 17.5 Å². The highest BCUT2D eigenvalue weighted by atomic mass is 16.2. The molecule has 128 valence electrons. The Morgan fingerprint density at radius 1 is 1.29 bits per heavy atom. The predicted molar refractivity (Wildman–Crippen MR) is 95.2 cm³/mol. The molecule has 0 radical (unpaired) electrons. The number of nitrogens with zero attached hydrogens (tertiary/aromatic N) is 3. The van der Waals surface area contributed by atoms with Gasteiger partial charge in [-0.1, -0.05) is 24.3 Å². The van der Waals surface area contributed by atoms with Crippen LogP contribution in [0.15, 0.2) is 36.5 Å². The fourth-order valence-corrected chi connectivity index (χ4v) is 3.01. The molecule has 0 aliphatic heterocycles. The number of rotatable bonds is 5. The van der Waals surface area contributed by atoms with Gasteiger partial charge in [0.1, 0.15) is 0 Å². The van der Waals surface area contributed by atoms with Crippen molar-refractivity contribution < 1.29 is 4.79 Å². The SMILES string of the molecule is CN(C)CCn1ccc(NC(=O)NC2CCc3ccccc3C2)n1. The molecule has 1 aromatic heterocycles. The zero-order chi connectivity index (χ0) is 16.9. The van der Waals surface area contributed by atoms with E-state index in [0.717, 1.165) is 32.4 Å². The molecule has 2 aromatic rings. The van der Waals surface area contributed by atoms with Crippen LogP contribution in [0.25, 0.3) is 0 Å². The lowest BCUT2D eigenvalue weighted by molar-refractivity contribution is 0.247. The van der Waals surface area contributed by atoms with E-state index in [-0.39, 0.29) is 12.1 Å². The van der Waals surface area contributed by atoms with Crippen molar-refractivity contribution in [3.63, 3.8) is 0 Å². The molecule has 2 N–H and O–H groups in total. The maximum atomic E-state index is 12.2. The van der Waals surface area contributed by atoms with Crippen LogP contribution in [0.5, 0.6) is 0 Å². The molecular weight excluding hydrogens is 302 g/mol. The third-order valence-electron chi connectivity index (χ3n) is 4.34. The van der Waals surface area contributed by atoms with Crippen LogP contribution in [-0.4, -0.2) is 47.4 Å². The molecule has 1 aliphatic rings. The minimum Gasteiger partial charge on any atom is -0.335 e. The zero-order valence-electron chi connectivity index (χ0n) is 14.3. The van der Waals surface area contributed by atoms with Gasteiger partial charge >= 0.3 is 6.03 Å². The van der Waals surface area contributed by atoms with Crippen molar-refractivity contribution in [2.45, 2.75) is 31.8 Å². The molecule has 1 aliphatic carbocycles. The van der Waals surface area contributed by atoms with Crippen LogP contribution >= 0.6 is 0 Å². The number of likely N-dealkylation sites (N-methyl/N-ethyl adjacent to an activating group) is 1. The second kappa shape index (κ2) is 7.49. The first kappa shape index (κ1) is 16.5. The van der Waals surface area contributed by atoms with Crippen LogP contribution < -0.4 is 10.6 Å². The summed E-state index contributed by atoms with van der Waals surface area (Å²) >= 11 is 0. The van der Waals surface area contributed by atoms with Gasteiger partial charge in [-0.25, -0.2) is 4.79 Å². The Labute approximate surface area is 142 Å². The van der Waals surface area contributed by atoms with Crippen LogP contribution in [0.4, 0.5) is 10.6 Å². The van der Waals surface area contributed by atoms with Gasteiger partial charge in [0.05, 0.1) is 6.54 Å². The first-order chi connectivity index (χ1) is 11.6. The monoisotopic (exact) mass is 327 g/mol. The summed E-state index contributed by atoms with van der Waals surface area (Å²) in [5.74, 6) is 0.586. The van der Waals surface area contributed by atoms with Crippen molar-refractivity contribution in [1.29, 1.82) is 0 Å². The quantitative estimate of drug-likeness (QED) is 0.884. The molecule has 0 saturated carbocycles. The summed E-state index contributed by atoms with van der Waals surface area (Å²) in [6.07, 6.45) is 4.76. The molecule has 6 nitrogen and oxygen atoms in total. The number of benzene rings is 1. The van der Waals surface area contributed by atoms with E-state index in [1.165, 1.54) is 11.1 Å². The molecule has 1 unspecified atom stereocenters. The number of hydrogen-bond acceptors (Lipinski definition) is 3. The summed E-state index contributed by atoms with van der Waals surface area (Å²) in [6.45, 7) is 1.71. The molecule has 0 bridgehead atoms. The van der Waals surface area contributed by atoms with Crippen molar-refractivity contribution in [3.8, 4) is 0 Å². The number of carbonyl (C=O) groups is 1. The summed E-state index contributed by atoms with van der Waals surface area (Å²) in [7, 11) is 4.05. The van der Waals surface area contributed by atoms with Gasteiger partial charge in [-0.05, 0) is 44.5 Å². The molecule has 2 amide bonds. The van der Waals surface area contributed by atoms with Crippen molar-refractivity contribution in [2.75, 3.05) is 26.0 Å². The lowest BCUT2D eigenvalue weighted by Gasteiger charge is -2.25. The lowest BCUT2D eigenvalue weighted by Crippen LogP contribution is -2.41. The Kier molecular flexibility index (Phi) is 5.15. The minimum absolute atomic E-state index is 0.177. The highest BCUT2D eigenvalue weighted by Crippen LogP contribution is 2.21. The molecule has 1 heterocycles. The summed E-state index contributed by atoms with van der Waals surface area (Å²) in [4.78, 5) is 14.3. The van der Waals surface area contributed by atoms with E-state index in [1.807, 2.05) is 31.0 Å². The average Bonchev–Trinajstić information content (AvgIpc) is 3.00.